The number of nitrogens with one attached hydrogen (secondary N) is 1. The lowest BCUT2D eigenvalue weighted by atomic mass is 9.76. The first kappa shape index (κ1) is 20.5. The third-order valence-corrected chi connectivity index (χ3v) is 6.98. The molecule has 1 aliphatic carbocycles. The molecule has 0 spiro atoms. The van der Waals surface area contributed by atoms with Gasteiger partial charge in [-0.2, -0.15) is 0 Å². The fraction of sp³-hybridized carbons (Fsp3) is 0.261. The number of Topliss-reactive ketones (excluding diaryl/α,β-unsaturated/α-hetero) is 1. The van der Waals surface area contributed by atoms with Crippen LogP contribution in [-0.2, 0) is 16.4 Å². The highest BCUT2D eigenvalue weighted by Gasteiger charge is 2.34. The molecule has 0 saturated heterocycles. The maximum atomic E-state index is 12.6. The van der Waals surface area contributed by atoms with Gasteiger partial charge in [-0.05, 0) is 61.2 Å². The Morgan fingerprint density at radius 3 is 2.27 bits per heavy atom. The Hall–Kier alpha value is -2.80. The summed E-state index contributed by atoms with van der Waals surface area (Å²) in [6, 6.07) is 16.0. The molecule has 5 nitrogen and oxygen atoms in total. The highest BCUT2D eigenvalue weighted by atomic mass is 32.2. The van der Waals surface area contributed by atoms with E-state index in [0.29, 0.717) is 12.1 Å². The molecule has 1 aliphatic rings. The van der Waals surface area contributed by atoms with Crippen LogP contribution in [0.3, 0.4) is 0 Å². The maximum Gasteiger partial charge on any atom is 0.261 e. The zero-order chi connectivity index (χ0) is 21.7. The quantitative estimate of drug-likeness (QED) is 0.660. The van der Waals surface area contributed by atoms with E-state index in [-0.39, 0.29) is 16.1 Å². The number of benzene rings is 2. The number of aryl methyl sites for hydroxylation is 1. The molecule has 7 heteroatoms. The first-order valence-corrected chi connectivity index (χ1v) is 11.5. The molecular weight excluding hydrogens is 395 g/mol. The van der Waals surface area contributed by atoms with Crippen LogP contribution in [0, 0.1) is 12.3 Å². The third kappa shape index (κ3) is 3.82. The van der Waals surface area contributed by atoms with Crippen molar-refractivity contribution in [2.75, 3.05) is 4.72 Å². The predicted molar refractivity (Wildman–Crippen MR) is 122 cm³/mol. The van der Waals surface area contributed by atoms with Gasteiger partial charge in [-0.3, -0.25) is 9.52 Å². The molecule has 0 amide bonds. The van der Waals surface area contributed by atoms with E-state index in [2.05, 4.69) is 23.1 Å². The fourth-order valence-electron chi connectivity index (χ4n) is 4.12. The van der Waals surface area contributed by atoms with Crippen molar-refractivity contribution in [3.05, 3.63) is 71.5 Å². The van der Waals surface area contributed by atoms with E-state index >= 15 is 0 Å². The monoisotopic (exact) mass is 420 g/mol. The van der Waals surface area contributed by atoms with E-state index in [1.165, 1.54) is 0 Å². The van der Waals surface area contributed by atoms with Gasteiger partial charge in [-0.25, -0.2) is 8.42 Å². The van der Waals surface area contributed by atoms with E-state index in [1.54, 1.807) is 36.4 Å². The summed E-state index contributed by atoms with van der Waals surface area (Å²) in [6.07, 6.45) is 1.38. The van der Waals surface area contributed by atoms with Gasteiger partial charge in [0.2, 0.25) is 0 Å². The van der Waals surface area contributed by atoms with E-state index in [4.69, 9.17) is 0 Å². The zero-order valence-corrected chi connectivity index (χ0v) is 18.5. The van der Waals surface area contributed by atoms with Crippen LogP contribution in [0.25, 0.3) is 5.69 Å². The number of anilines is 1. The SMILES string of the molecule is Bc1ccc(S(=O)(=O)Nc2ccc(-n3c(C)cc4c3CC(C)(C)CC4=O)cc2)cc1. The normalized spacial score (nSPS) is 15.6. The van der Waals surface area contributed by atoms with Crippen molar-refractivity contribution in [2.24, 2.45) is 5.41 Å². The van der Waals surface area contributed by atoms with Gasteiger partial charge in [0.25, 0.3) is 10.0 Å². The van der Waals surface area contributed by atoms with Gasteiger partial charge in [0.15, 0.2) is 5.78 Å². The lowest BCUT2D eigenvalue weighted by Crippen LogP contribution is -2.27. The average molecular weight is 420 g/mol. The van der Waals surface area contributed by atoms with Gasteiger partial charge in [-0.15, -0.1) is 0 Å². The van der Waals surface area contributed by atoms with Gasteiger partial charge < -0.3 is 4.57 Å². The van der Waals surface area contributed by atoms with Crippen molar-refractivity contribution in [1.82, 2.24) is 4.57 Å². The molecule has 1 heterocycles. The highest BCUT2D eigenvalue weighted by Crippen LogP contribution is 2.37. The van der Waals surface area contributed by atoms with Crippen molar-refractivity contribution in [3.8, 4) is 5.69 Å². The third-order valence-electron chi connectivity index (χ3n) is 5.58. The average Bonchev–Trinajstić information content (AvgIpc) is 2.98. The Balaban J connectivity index is 1.64. The van der Waals surface area contributed by atoms with Crippen molar-refractivity contribution in [1.29, 1.82) is 0 Å². The number of aromatic nitrogens is 1. The number of ketones is 1. The van der Waals surface area contributed by atoms with Crippen LogP contribution in [0.4, 0.5) is 5.69 Å². The van der Waals surface area contributed by atoms with Crippen LogP contribution in [0.2, 0.25) is 0 Å². The Morgan fingerprint density at radius 1 is 1.00 bits per heavy atom. The lowest BCUT2D eigenvalue weighted by molar-refractivity contribution is 0.0911. The van der Waals surface area contributed by atoms with E-state index in [1.807, 2.05) is 33.0 Å². The molecule has 0 bridgehead atoms. The largest absolute Gasteiger partial charge is 0.317 e. The zero-order valence-electron chi connectivity index (χ0n) is 17.7. The summed E-state index contributed by atoms with van der Waals surface area (Å²) in [5.41, 5.74) is 5.17. The number of rotatable bonds is 4. The molecule has 3 aromatic rings. The number of carbonyl (C=O) groups excluding carboxylic acids is 1. The maximum absolute atomic E-state index is 12.6. The minimum Gasteiger partial charge on any atom is -0.317 e. The molecule has 154 valence electrons. The smallest absolute Gasteiger partial charge is 0.261 e. The second kappa shape index (κ2) is 7.16. The number of nitrogens with zero attached hydrogens (tertiary/aromatic N) is 1. The molecule has 1 aromatic heterocycles. The second-order valence-corrected chi connectivity index (χ2v) is 10.6. The molecule has 0 atom stereocenters. The van der Waals surface area contributed by atoms with E-state index < -0.39 is 10.0 Å². The predicted octanol–water partition coefficient (Wildman–Crippen LogP) is 3.00. The van der Waals surface area contributed by atoms with Crippen LogP contribution in [-0.4, -0.2) is 26.6 Å². The number of sulfonamides is 1. The van der Waals surface area contributed by atoms with Gasteiger partial charge in [0.1, 0.15) is 7.85 Å². The molecule has 30 heavy (non-hydrogen) atoms. The molecule has 0 unspecified atom stereocenters. The highest BCUT2D eigenvalue weighted by molar-refractivity contribution is 7.92. The molecular formula is C23H25BN2O3S. The van der Waals surface area contributed by atoms with Crippen molar-refractivity contribution >= 4 is 34.8 Å². The molecule has 1 N–H and O–H groups in total. The Morgan fingerprint density at radius 2 is 1.63 bits per heavy atom. The summed E-state index contributed by atoms with van der Waals surface area (Å²) in [6.45, 7) is 6.22. The summed E-state index contributed by atoms with van der Waals surface area (Å²) < 4.78 is 30.0. The Bertz CT molecular complexity index is 1220. The topological polar surface area (TPSA) is 68.2 Å². The summed E-state index contributed by atoms with van der Waals surface area (Å²) in [5, 5.41) is 0. The minimum atomic E-state index is -3.64. The molecule has 0 fully saturated rings. The van der Waals surface area contributed by atoms with E-state index in [0.717, 1.165) is 34.5 Å². The van der Waals surface area contributed by atoms with Crippen LogP contribution in [0.15, 0.2) is 59.5 Å². The standard InChI is InChI=1S/C23H25BN2O3S/c1-15-12-20-21(13-23(2,3)14-22(20)27)26(15)18-8-6-17(7-9-18)25-30(28,29)19-10-4-16(24)5-11-19/h4-12,25H,13-14,24H2,1-3H3. The number of hydrogen-bond donors (Lipinski definition) is 1. The molecule has 0 aliphatic heterocycles. The fourth-order valence-corrected chi connectivity index (χ4v) is 5.18. The second-order valence-electron chi connectivity index (χ2n) is 8.89. The summed E-state index contributed by atoms with van der Waals surface area (Å²) in [7, 11) is -1.73. The summed E-state index contributed by atoms with van der Waals surface area (Å²) in [5.74, 6) is 0.186. The first-order valence-electron chi connectivity index (χ1n) is 10.0. The lowest BCUT2D eigenvalue weighted by Gasteiger charge is -2.30. The van der Waals surface area contributed by atoms with Crippen LogP contribution < -0.4 is 10.2 Å². The van der Waals surface area contributed by atoms with Crippen LogP contribution >= 0.6 is 0 Å². The molecule has 2 aromatic carbocycles. The molecule has 4 rings (SSSR count). The molecule has 0 radical (unpaired) electrons. The Kier molecular flexibility index (Phi) is 4.89. The van der Waals surface area contributed by atoms with E-state index in [9.17, 15) is 13.2 Å². The molecule has 0 saturated carbocycles. The van der Waals surface area contributed by atoms with Crippen LogP contribution in [0.5, 0.6) is 0 Å². The summed E-state index contributed by atoms with van der Waals surface area (Å²) in [4.78, 5) is 12.8. The van der Waals surface area contributed by atoms with Crippen molar-refractivity contribution < 1.29 is 13.2 Å². The summed E-state index contributed by atoms with van der Waals surface area (Å²) >= 11 is 0. The number of carbonyl (C=O) groups is 1. The van der Waals surface area contributed by atoms with Gasteiger partial charge >= 0.3 is 0 Å². The minimum absolute atomic E-state index is 0.0732. The number of fused-ring (bicyclic) bond motifs is 1. The van der Waals surface area contributed by atoms with Crippen molar-refractivity contribution in [3.63, 3.8) is 0 Å². The first-order chi connectivity index (χ1) is 14.1. The van der Waals surface area contributed by atoms with Gasteiger partial charge in [0.05, 0.1) is 4.90 Å². The Labute approximate surface area is 178 Å². The van der Waals surface area contributed by atoms with Crippen molar-refractivity contribution in [2.45, 2.75) is 38.5 Å². The van der Waals surface area contributed by atoms with Crippen LogP contribution in [0.1, 0.15) is 42.0 Å². The van der Waals surface area contributed by atoms with Gasteiger partial charge in [-0.1, -0.05) is 31.4 Å². The van der Waals surface area contributed by atoms with Gasteiger partial charge in [0, 0.05) is 34.7 Å². The number of hydrogen-bond acceptors (Lipinski definition) is 3.